The van der Waals surface area contributed by atoms with Gasteiger partial charge in [0.05, 0.1) is 27.6 Å². The van der Waals surface area contributed by atoms with E-state index in [2.05, 4.69) is 0 Å². The summed E-state index contributed by atoms with van der Waals surface area (Å²) in [6, 6.07) is 0. The second-order valence-electron chi connectivity index (χ2n) is 5.36. The minimum absolute atomic E-state index is 0.147. The van der Waals surface area contributed by atoms with Crippen molar-refractivity contribution in [1.82, 2.24) is 0 Å². The number of quaternary nitrogens is 1. The Morgan fingerprint density at radius 3 is 1.90 bits per heavy atom. The molecule has 0 amide bonds. The van der Waals surface area contributed by atoms with E-state index < -0.39 is 42.6 Å². The molecule has 20 heavy (non-hydrogen) atoms. The number of carboxylic acid groups (broad SMARTS) is 2. The number of carbonyl (C=O) groups excluding carboxylic acids is 1. The first kappa shape index (κ1) is 18.3. The summed E-state index contributed by atoms with van der Waals surface area (Å²) in [5.41, 5.74) is 0. The Morgan fingerprint density at radius 1 is 1.05 bits per heavy atom. The molecule has 9 heteroatoms. The van der Waals surface area contributed by atoms with Crippen LogP contribution in [0, 0.1) is 0 Å². The number of aliphatic hydroxyl groups excluding tert-OH is 2. The van der Waals surface area contributed by atoms with Crippen molar-refractivity contribution in [3.8, 4) is 0 Å². The van der Waals surface area contributed by atoms with Crippen molar-refractivity contribution in [3.05, 3.63) is 0 Å². The second kappa shape index (κ2) is 7.17. The third-order valence-electron chi connectivity index (χ3n) is 2.23. The van der Waals surface area contributed by atoms with Crippen LogP contribution in [-0.2, 0) is 19.1 Å². The van der Waals surface area contributed by atoms with Crippen molar-refractivity contribution in [2.24, 2.45) is 0 Å². The number of esters is 1. The Balaban J connectivity index is 4.76. The van der Waals surface area contributed by atoms with Crippen LogP contribution in [0.1, 0.15) is 6.42 Å². The summed E-state index contributed by atoms with van der Waals surface area (Å²) >= 11 is 0. The Hall–Kier alpha value is -1.71. The summed E-state index contributed by atoms with van der Waals surface area (Å²) in [6.45, 7) is 0.147. The molecule has 0 aromatic rings. The van der Waals surface area contributed by atoms with Crippen molar-refractivity contribution in [2.75, 3.05) is 27.7 Å². The first-order valence-electron chi connectivity index (χ1n) is 5.75. The molecule has 116 valence electrons. The van der Waals surface area contributed by atoms with Gasteiger partial charge in [0.2, 0.25) is 0 Å². The van der Waals surface area contributed by atoms with Crippen LogP contribution in [0.4, 0.5) is 0 Å². The zero-order valence-electron chi connectivity index (χ0n) is 11.5. The van der Waals surface area contributed by atoms with E-state index in [-0.39, 0.29) is 6.54 Å². The van der Waals surface area contributed by atoms with E-state index in [9.17, 15) is 19.5 Å². The minimum Gasteiger partial charge on any atom is -0.481 e. The van der Waals surface area contributed by atoms with E-state index in [0.717, 1.165) is 0 Å². The van der Waals surface area contributed by atoms with Gasteiger partial charge in [-0.25, -0.2) is 9.59 Å². The fourth-order valence-electron chi connectivity index (χ4n) is 1.45. The smallest absolute Gasteiger partial charge is 0.338 e. The van der Waals surface area contributed by atoms with Gasteiger partial charge in [-0.15, -0.1) is 0 Å². The number of nitrogens with zero attached hydrogens (tertiary/aromatic N) is 1. The molecule has 0 aliphatic rings. The predicted molar refractivity (Wildman–Crippen MR) is 64.7 cm³/mol. The molecule has 0 heterocycles. The monoisotopic (exact) mass is 294 g/mol. The van der Waals surface area contributed by atoms with Gasteiger partial charge in [-0.2, -0.15) is 0 Å². The van der Waals surface area contributed by atoms with E-state index >= 15 is 0 Å². The number of likely N-dealkylation sites (N-methyl/N-ethyl adjacent to an activating group) is 1. The van der Waals surface area contributed by atoms with Crippen LogP contribution in [0.2, 0.25) is 0 Å². The normalized spacial score (nSPS) is 16.1. The zero-order chi connectivity index (χ0) is 16.1. The van der Waals surface area contributed by atoms with Crippen molar-refractivity contribution in [2.45, 2.75) is 24.7 Å². The maximum atomic E-state index is 11.5. The van der Waals surface area contributed by atoms with Crippen molar-refractivity contribution in [3.63, 3.8) is 0 Å². The third-order valence-corrected chi connectivity index (χ3v) is 2.23. The highest BCUT2D eigenvalue weighted by atomic mass is 16.6. The van der Waals surface area contributed by atoms with Crippen LogP contribution in [0.3, 0.4) is 0 Å². The number of rotatable bonds is 8. The highest BCUT2D eigenvalue weighted by Crippen LogP contribution is 2.08. The standard InChI is InChI=1S/C11H19NO8/c1-12(2,3)5-6(4-7(13)14)20-11(19)9(16)8(15)10(17)18/h6,8-9,15-16H,4-5H2,1-3H3,(H-,13,14,17,18)/p+1/t6-,8-,9-/m0/s1. The molecule has 0 fully saturated rings. The quantitative estimate of drug-likeness (QED) is 0.294. The maximum Gasteiger partial charge on any atom is 0.338 e. The van der Waals surface area contributed by atoms with Gasteiger partial charge < -0.3 is 29.6 Å². The van der Waals surface area contributed by atoms with Gasteiger partial charge >= 0.3 is 17.9 Å². The van der Waals surface area contributed by atoms with Crippen molar-refractivity contribution < 1.29 is 44.0 Å². The molecule has 0 aromatic carbocycles. The molecule has 0 aliphatic heterocycles. The van der Waals surface area contributed by atoms with Gasteiger partial charge in [-0.05, 0) is 0 Å². The van der Waals surface area contributed by atoms with Crippen molar-refractivity contribution in [1.29, 1.82) is 0 Å². The maximum absolute atomic E-state index is 11.5. The van der Waals surface area contributed by atoms with Crippen LogP contribution in [0.15, 0.2) is 0 Å². The number of carboxylic acids is 2. The Kier molecular flexibility index (Phi) is 6.56. The molecule has 0 bridgehead atoms. The summed E-state index contributed by atoms with van der Waals surface area (Å²) in [5.74, 6) is -4.36. The molecule has 3 atom stereocenters. The number of hydrogen-bond acceptors (Lipinski definition) is 6. The average Bonchev–Trinajstić information content (AvgIpc) is 2.23. The summed E-state index contributed by atoms with van der Waals surface area (Å²) in [5, 5.41) is 35.5. The highest BCUT2D eigenvalue weighted by Gasteiger charge is 2.34. The van der Waals surface area contributed by atoms with Gasteiger partial charge in [0, 0.05) is 0 Å². The predicted octanol–water partition coefficient (Wildman–Crippen LogP) is -2.11. The molecule has 0 radical (unpaired) electrons. The summed E-state index contributed by atoms with van der Waals surface area (Å²) in [7, 11) is 5.22. The Bertz CT molecular complexity index is 375. The second-order valence-corrected chi connectivity index (χ2v) is 5.36. The summed E-state index contributed by atoms with van der Waals surface area (Å²) in [4.78, 5) is 32.6. The van der Waals surface area contributed by atoms with Crippen LogP contribution in [-0.4, -0.2) is 88.8 Å². The van der Waals surface area contributed by atoms with Gasteiger partial charge in [0.25, 0.3) is 0 Å². The lowest BCUT2D eigenvalue weighted by Gasteiger charge is -2.29. The lowest BCUT2D eigenvalue weighted by Crippen LogP contribution is -2.47. The topological polar surface area (TPSA) is 141 Å². The lowest BCUT2D eigenvalue weighted by atomic mass is 10.2. The zero-order valence-corrected chi connectivity index (χ0v) is 11.5. The summed E-state index contributed by atoms with van der Waals surface area (Å²) in [6.07, 6.45) is -6.12. The number of hydrogen-bond donors (Lipinski definition) is 4. The molecule has 0 saturated carbocycles. The molecule has 0 spiro atoms. The van der Waals surface area contributed by atoms with Crippen LogP contribution in [0.25, 0.3) is 0 Å². The molecule has 4 N–H and O–H groups in total. The molecule has 0 rings (SSSR count). The van der Waals surface area contributed by atoms with Gasteiger partial charge in [0.15, 0.2) is 18.3 Å². The van der Waals surface area contributed by atoms with Crippen LogP contribution < -0.4 is 0 Å². The van der Waals surface area contributed by atoms with Crippen LogP contribution >= 0.6 is 0 Å². The Morgan fingerprint density at radius 2 is 1.55 bits per heavy atom. The molecule has 9 nitrogen and oxygen atoms in total. The first-order valence-corrected chi connectivity index (χ1v) is 5.75. The first-order chi connectivity index (χ1) is 8.94. The summed E-state index contributed by atoms with van der Waals surface area (Å²) < 4.78 is 5.06. The number of aliphatic carboxylic acids is 2. The van der Waals surface area contributed by atoms with E-state index in [1.165, 1.54) is 0 Å². The van der Waals surface area contributed by atoms with E-state index in [1.54, 1.807) is 21.1 Å². The number of aliphatic hydroxyl groups is 2. The SMILES string of the molecule is C[N+](C)(C)C[C@H](CC(=O)O)OC(=O)[C@@H](O)[C@H](O)C(=O)O. The van der Waals surface area contributed by atoms with Gasteiger partial charge in [0.1, 0.15) is 6.54 Å². The fourth-order valence-corrected chi connectivity index (χ4v) is 1.45. The van der Waals surface area contributed by atoms with E-state index in [0.29, 0.717) is 4.48 Å². The Labute approximate surface area is 115 Å². The largest absolute Gasteiger partial charge is 0.481 e. The number of carbonyl (C=O) groups is 3. The molecular weight excluding hydrogens is 274 g/mol. The minimum atomic E-state index is -2.32. The van der Waals surface area contributed by atoms with E-state index in [1.807, 2.05) is 0 Å². The average molecular weight is 294 g/mol. The molecular formula is C11H20NO8+. The fraction of sp³-hybridized carbons (Fsp3) is 0.727. The van der Waals surface area contributed by atoms with Gasteiger partial charge in [-0.1, -0.05) is 0 Å². The number of ether oxygens (including phenoxy) is 1. The molecule has 0 saturated heterocycles. The highest BCUT2D eigenvalue weighted by molar-refractivity contribution is 5.84. The van der Waals surface area contributed by atoms with E-state index in [4.69, 9.17) is 20.1 Å². The molecule has 0 aliphatic carbocycles. The molecule has 0 unspecified atom stereocenters. The third kappa shape index (κ3) is 7.02. The van der Waals surface area contributed by atoms with Crippen molar-refractivity contribution >= 4 is 17.9 Å². The lowest BCUT2D eigenvalue weighted by molar-refractivity contribution is -0.873. The van der Waals surface area contributed by atoms with Gasteiger partial charge in [-0.3, -0.25) is 4.79 Å². The molecule has 0 aromatic heterocycles. The van der Waals surface area contributed by atoms with Crippen LogP contribution in [0.5, 0.6) is 0 Å².